The van der Waals surface area contributed by atoms with Gasteiger partial charge in [-0.2, -0.15) is 0 Å². The predicted molar refractivity (Wildman–Crippen MR) is 75.5 cm³/mol. The van der Waals surface area contributed by atoms with Crippen LogP contribution >= 0.6 is 0 Å². The van der Waals surface area contributed by atoms with Gasteiger partial charge in [0.05, 0.1) is 0 Å². The van der Waals surface area contributed by atoms with E-state index in [2.05, 4.69) is 10.5 Å². The smallest absolute Gasteiger partial charge is 0.252 e. The molecule has 5 heteroatoms. The maximum atomic E-state index is 12.3. The first-order valence-electron chi connectivity index (χ1n) is 6.33. The lowest BCUT2D eigenvalue weighted by molar-refractivity contribution is 0.0935. The molecule has 19 heavy (non-hydrogen) atoms. The first kappa shape index (κ1) is 15.0. The molecule has 0 bridgehead atoms. The van der Waals surface area contributed by atoms with Crippen molar-refractivity contribution in [2.24, 2.45) is 10.9 Å². The van der Waals surface area contributed by atoms with Crippen molar-refractivity contribution in [3.63, 3.8) is 0 Å². The Kier molecular flexibility index (Phi) is 5.36. The van der Waals surface area contributed by atoms with Crippen molar-refractivity contribution in [2.75, 3.05) is 0 Å². The van der Waals surface area contributed by atoms with Gasteiger partial charge in [-0.05, 0) is 31.4 Å². The monoisotopic (exact) mass is 263 g/mol. The molecule has 0 aliphatic rings. The average molecular weight is 263 g/mol. The second-order valence-electron chi connectivity index (χ2n) is 4.64. The van der Waals surface area contributed by atoms with Crippen molar-refractivity contribution >= 4 is 11.7 Å². The summed E-state index contributed by atoms with van der Waals surface area (Å²) in [5, 5.41) is 14.4. The zero-order chi connectivity index (χ0) is 14.4. The molecule has 0 heterocycles. The molecule has 1 aromatic rings. The number of nitrogens with zero attached hydrogens (tertiary/aromatic N) is 1. The number of amides is 1. The molecule has 1 atom stereocenters. The van der Waals surface area contributed by atoms with Gasteiger partial charge in [0.1, 0.15) is 5.84 Å². The fourth-order valence-electron chi connectivity index (χ4n) is 2.02. The van der Waals surface area contributed by atoms with Gasteiger partial charge in [-0.15, -0.1) is 0 Å². The summed E-state index contributed by atoms with van der Waals surface area (Å²) >= 11 is 0. The number of carbonyl (C=O) groups excluding carboxylic acids is 1. The second kappa shape index (κ2) is 6.78. The Bertz CT molecular complexity index is 463. The number of hydrogen-bond donors (Lipinski definition) is 3. The third-order valence-electron chi connectivity index (χ3n) is 3.12. The van der Waals surface area contributed by atoms with Gasteiger partial charge in [-0.1, -0.05) is 30.3 Å². The van der Waals surface area contributed by atoms with E-state index in [-0.39, 0.29) is 17.8 Å². The van der Waals surface area contributed by atoms with Crippen LogP contribution in [0.4, 0.5) is 0 Å². The van der Waals surface area contributed by atoms with Crippen LogP contribution < -0.4 is 11.1 Å². The normalized spacial score (nSPS) is 13.1. The highest BCUT2D eigenvalue weighted by atomic mass is 16.4. The third-order valence-corrected chi connectivity index (χ3v) is 3.12. The van der Waals surface area contributed by atoms with Crippen LogP contribution in [0.15, 0.2) is 23.4 Å². The first-order valence-corrected chi connectivity index (χ1v) is 6.33. The van der Waals surface area contributed by atoms with Crippen molar-refractivity contribution in [3.8, 4) is 0 Å². The molecule has 0 aromatic heterocycles. The van der Waals surface area contributed by atoms with Crippen LogP contribution in [0.5, 0.6) is 0 Å². The Morgan fingerprint density at radius 1 is 1.42 bits per heavy atom. The van der Waals surface area contributed by atoms with Crippen LogP contribution in [0.2, 0.25) is 0 Å². The molecule has 5 nitrogen and oxygen atoms in total. The van der Waals surface area contributed by atoms with E-state index >= 15 is 0 Å². The zero-order valence-electron chi connectivity index (χ0n) is 11.6. The molecule has 1 unspecified atom stereocenters. The van der Waals surface area contributed by atoms with Gasteiger partial charge in [0.25, 0.3) is 5.91 Å². The standard InChI is InChI=1S/C14H21N3O2/c1-4-11(8-12(15)17-19)16-14(18)13-9(2)6-5-7-10(13)3/h5-7,11,19H,4,8H2,1-3H3,(H2,15,17)(H,16,18). The van der Waals surface area contributed by atoms with E-state index < -0.39 is 0 Å². The molecule has 0 fully saturated rings. The number of benzene rings is 1. The van der Waals surface area contributed by atoms with E-state index in [9.17, 15) is 4.79 Å². The molecule has 4 N–H and O–H groups in total. The Labute approximate surface area is 113 Å². The fraction of sp³-hybridized carbons (Fsp3) is 0.429. The lowest BCUT2D eigenvalue weighted by Gasteiger charge is -2.18. The fourth-order valence-corrected chi connectivity index (χ4v) is 2.02. The third kappa shape index (κ3) is 3.98. The van der Waals surface area contributed by atoms with Crippen LogP contribution in [0.25, 0.3) is 0 Å². The van der Waals surface area contributed by atoms with E-state index in [1.807, 2.05) is 39.0 Å². The lowest BCUT2D eigenvalue weighted by Crippen LogP contribution is -2.38. The van der Waals surface area contributed by atoms with Crippen molar-refractivity contribution in [3.05, 3.63) is 34.9 Å². The number of nitrogens with one attached hydrogen (secondary N) is 1. The molecule has 0 spiro atoms. The second-order valence-corrected chi connectivity index (χ2v) is 4.64. The summed E-state index contributed by atoms with van der Waals surface area (Å²) in [5.41, 5.74) is 8.05. The molecule has 0 radical (unpaired) electrons. The lowest BCUT2D eigenvalue weighted by atomic mass is 10.0. The number of oxime groups is 1. The number of amidine groups is 1. The van der Waals surface area contributed by atoms with Crippen LogP contribution in [-0.4, -0.2) is 23.0 Å². The highest BCUT2D eigenvalue weighted by Crippen LogP contribution is 2.13. The summed E-state index contributed by atoms with van der Waals surface area (Å²) in [7, 11) is 0. The van der Waals surface area contributed by atoms with Crippen LogP contribution in [0.1, 0.15) is 41.3 Å². The van der Waals surface area contributed by atoms with E-state index in [1.165, 1.54) is 0 Å². The molecule has 1 rings (SSSR count). The predicted octanol–water partition coefficient (Wildman–Crippen LogP) is 1.95. The summed E-state index contributed by atoms with van der Waals surface area (Å²) in [4.78, 5) is 12.3. The van der Waals surface area contributed by atoms with Gasteiger partial charge >= 0.3 is 0 Å². The molecule has 0 aliphatic carbocycles. The summed E-state index contributed by atoms with van der Waals surface area (Å²) in [6.07, 6.45) is 1.05. The molecule has 1 aromatic carbocycles. The van der Waals surface area contributed by atoms with Gasteiger partial charge < -0.3 is 16.3 Å². The number of nitrogens with two attached hydrogens (primary N) is 1. The summed E-state index contributed by atoms with van der Waals surface area (Å²) in [5.74, 6) is 0.00171. The van der Waals surface area contributed by atoms with Gasteiger partial charge in [0.2, 0.25) is 0 Å². The molecule has 0 aliphatic heterocycles. The minimum Gasteiger partial charge on any atom is -0.409 e. The summed E-state index contributed by atoms with van der Waals surface area (Å²) in [6, 6.07) is 5.61. The van der Waals surface area contributed by atoms with Crippen molar-refractivity contribution < 1.29 is 10.0 Å². The Hall–Kier alpha value is -2.04. The summed E-state index contributed by atoms with van der Waals surface area (Å²) < 4.78 is 0. The van der Waals surface area contributed by atoms with Crippen LogP contribution in [0.3, 0.4) is 0 Å². The zero-order valence-corrected chi connectivity index (χ0v) is 11.6. The van der Waals surface area contributed by atoms with Gasteiger partial charge in [-0.25, -0.2) is 0 Å². The summed E-state index contributed by atoms with van der Waals surface area (Å²) in [6.45, 7) is 5.76. The number of carbonyl (C=O) groups is 1. The first-order chi connectivity index (χ1) is 8.99. The molecule has 1 amide bonds. The van der Waals surface area contributed by atoms with Crippen LogP contribution in [0, 0.1) is 13.8 Å². The Morgan fingerprint density at radius 3 is 2.47 bits per heavy atom. The Balaban J connectivity index is 2.83. The van der Waals surface area contributed by atoms with E-state index in [0.29, 0.717) is 18.4 Å². The van der Waals surface area contributed by atoms with Crippen molar-refractivity contribution in [1.29, 1.82) is 0 Å². The number of hydrogen-bond acceptors (Lipinski definition) is 3. The Morgan fingerprint density at radius 2 is 2.00 bits per heavy atom. The van der Waals surface area contributed by atoms with Gasteiger partial charge in [-0.3, -0.25) is 4.79 Å². The maximum absolute atomic E-state index is 12.3. The SMILES string of the molecule is CCC(C/C(N)=N/O)NC(=O)c1c(C)cccc1C. The van der Waals surface area contributed by atoms with Crippen molar-refractivity contribution in [2.45, 2.75) is 39.7 Å². The average Bonchev–Trinajstić information content (AvgIpc) is 2.37. The molecular formula is C14H21N3O2. The van der Waals surface area contributed by atoms with Crippen LogP contribution in [-0.2, 0) is 0 Å². The van der Waals surface area contributed by atoms with Gasteiger partial charge in [0, 0.05) is 18.0 Å². The van der Waals surface area contributed by atoms with Crippen molar-refractivity contribution in [1.82, 2.24) is 5.32 Å². The quantitative estimate of drug-likeness (QED) is 0.328. The maximum Gasteiger partial charge on any atom is 0.252 e. The van der Waals surface area contributed by atoms with E-state index in [0.717, 1.165) is 11.1 Å². The number of aryl methyl sites for hydroxylation is 2. The molecule has 0 saturated heterocycles. The number of rotatable bonds is 5. The molecule has 104 valence electrons. The highest BCUT2D eigenvalue weighted by Gasteiger charge is 2.16. The topological polar surface area (TPSA) is 87.7 Å². The minimum atomic E-state index is -0.137. The van der Waals surface area contributed by atoms with E-state index in [4.69, 9.17) is 10.9 Å². The van der Waals surface area contributed by atoms with E-state index in [1.54, 1.807) is 0 Å². The molecule has 0 saturated carbocycles. The molecular weight excluding hydrogens is 242 g/mol. The highest BCUT2D eigenvalue weighted by molar-refractivity contribution is 5.97. The minimum absolute atomic E-state index is 0.117. The van der Waals surface area contributed by atoms with Gasteiger partial charge in [0.15, 0.2) is 0 Å². The largest absolute Gasteiger partial charge is 0.409 e.